The number of amides is 1. The zero-order valence-electron chi connectivity index (χ0n) is 11.1. The number of hydrogen-bond acceptors (Lipinski definition) is 5. The molecule has 20 heavy (non-hydrogen) atoms. The summed E-state index contributed by atoms with van der Waals surface area (Å²) in [6, 6.07) is 3.85. The molecule has 1 amide bonds. The second kappa shape index (κ2) is 8.02. The average molecular weight is 295 g/mol. The van der Waals surface area contributed by atoms with E-state index in [0.717, 1.165) is 9.75 Å². The molecular formula is C14H17NO4S. The summed E-state index contributed by atoms with van der Waals surface area (Å²) in [6.45, 7) is 1.86. The van der Waals surface area contributed by atoms with Crippen molar-refractivity contribution in [3.05, 3.63) is 21.9 Å². The van der Waals surface area contributed by atoms with Gasteiger partial charge in [-0.1, -0.05) is 11.8 Å². The average Bonchev–Trinajstić information content (AvgIpc) is 2.94. The van der Waals surface area contributed by atoms with Gasteiger partial charge in [-0.05, 0) is 12.1 Å². The Hall–Kier alpha value is -1.39. The lowest BCUT2D eigenvalue weighted by Crippen LogP contribution is -2.42. The number of carbonyl (C=O) groups excluding carboxylic acids is 1. The minimum absolute atomic E-state index is 0.0742. The SMILES string of the molecule is O=C(NCc1ccc(C#CCCO)s1)C1COCCO1. The van der Waals surface area contributed by atoms with E-state index in [-0.39, 0.29) is 12.5 Å². The normalized spacial score (nSPS) is 18.1. The first-order valence-electron chi connectivity index (χ1n) is 6.45. The third-order valence-corrected chi connectivity index (χ3v) is 3.66. The van der Waals surface area contributed by atoms with E-state index in [2.05, 4.69) is 17.2 Å². The van der Waals surface area contributed by atoms with Crippen molar-refractivity contribution in [2.75, 3.05) is 26.4 Å². The third kappa shape index (κ3) is 4.62. The Morgan fingerprint density at radius 2 is 2.40 bits per heavy atom. The Bertz CT molecular complexity index is 497. The van der Waals surface area contributed by atoms with E-state index in [0.29, 0.717) is 32.8 Å². The van der Waals surface area contributed by atoms with E-state index >= 15 is 0 Å². The number of thiophene rings is 1. The molecule has 2 rings (SSSR count). The topological polar surface area (TPSA) is 67.8 Å². The van der Waals surface area contributed by atoms with Crippen LogP contribution in [0.5, 0.6) is 0 Å². The summed E-state index contributed by atoms with van der Waals surface area (Å²) in [5.74, 6) is 5.69. The number of ether oxygens (including phenoxy) is 2. The molecule has 0 radical (unpaired) electrons. The summed E-state index contributed by atoms with van der Waals surface area (Å²) in [7, 11) is 0. The highest BCUT2D eigenvalue weighted by Gasteiger charge is 2.22. The molecule has 1 aliphatic heterocycles. The molecule has 0 saturated carbocycles. The van der Waals surface area contributed by atoms with Gasteiger partial charge in [-0.15, -0.1) is 11.3 Å². The second-order valence-corrected chi connectivity index (χ2v) is 5.36. The number of carbonyl (C=O) groups is 1. The molecular weight excluding hydrogens is 278 g/mol. The highest BCUT2D eigenvalue weighted by molar-refractivity contribution is 7.12. The van der Waals surface area contributed by atoms with Gasteiger partial charge >= 0.3 is 0 Å². The Kier molecular flexibility index (Phi) is 6.02. The minimum Gasteiger partial charge on any atom is -0.395 e. The van der Waals surface area contributed by atoms with Crippen LogP contribution in [0.15, 0.2) is 12.1 Å². The summed E-state index contributed by atoms with van der Waals surface area (Å²) in [4.78, 5) is 13.8. The van der Waals surface area contributed by atoms with Crippen LogP contribution in [0, 0.1) is 11.8 Å². The fourth-order valence-electron chi connectivity index (χ4n) is 1.67. The number of hydrogen-bond donors (Lipinski definition) is 2. The summed E-state index contributed by atoms with van der Waals surface area (Å²) in [5, 5.41) is 11.5. The Labute approximate surface area is 121 Å². The molecule has 1 fully saturated rings. The zero-order chi connectivity index (χ0) is 14.2. The van der Waals surface area contributed by atoms with E-state index < -0.39 is 6.10 Å². The number of aliphatic hydroxyl groups excluding tert-OH is 1. The first-order chi connectivity index (χ1) is 9.79. The quantitative estimate of drug-likeness (QED) is 0.795. The molecule has 108 valence electrons. The zero-order valence-corrected chi connectivity index (χ0v) is 11.9. The third-order valence-electron chi connectivity index (χ3n) is 2.66. The van der Waals surface area contributed by atoms with Crippen LogP contribution in [0.25, 0.3) is 0 Å². The molecule has 0 aliphatic carbocycles. The van der Waals surface area contributed by atoms with Crippen LogP contribution in [-0.4, -0.2) is 43.5 Å². The van der Waals surface area contributed by atoms with Gasteiger partial charge in [0.25, 0.3) is 5.91 Å². The van der Waals surface area contributed by atoms with Crippen LogP contribution in [0.4, 0.5) is 0 Å². The van der Waals surface area contributed by atoms with Gasteiger partial charge in [-0.3, -0.25) is 4.79 Å². The molecule has 0 aromatic carbocycles. The van der Waals surface area contributed by atoms with Gasteiger partial charge in [0, 0.05) is 11.3 Å². The first kappa shape index (κ1) is 15.0. The number of nitrogens with one attached hydrogen (secondary N) is 1. The molecule has 1 aromatic heterocycles. The van der Waals surface area contributed by atoms with Crippen molar-refractivity contribution in [3.63, 3.8) is 0 Å². The van der Waals surface area contributed by atoms with Crippen molar-refractivity contribution < 1.29 is 19.4 Å². The summed E-state index contributed by atoms with van der Waals surface area (Å²) >= 11 is 1.53. The van der Waals surface area contributed by atoms with Crippen LogP contribution in [0.3, 0.4) is 0 Å². The Morgan fingerprint density at radius 3 is 3.15 bits per heavy atom. The van der Waals surface area contributed by atoms with Gasteiger partial charge < -0.3 is 19.9 Å². The van der Waals surface area contributed by atoms with Gasteiger partial charge in [0.1, 0.15) is 0 Å². The molecule has 0 bridgehead atoms. The van der Waals surface area contributed by atoms with Crippen molar-refractivity contribution in [1.82, 2.24) is 5.32 Å². The molecule has 2 heterocycles. The van der Waals surface area contributed by atoms with Gasteiger partial charge in [0.15, 0.2) is 6.10 Å². The first-order valence-corrected chi connectivity index (χ1v) is 7.27. The van der Waals surface area contributed by atoms with E-state index in [1.807, 2.05) is 12.1 Å². The maximum absolute atomic E-state index is 11.8. The largest absolute Gasteiger partial charge is 0.395 e. The van der Waals surface area contributed by atoms with Gasteiger partial charge in [0.05, 0.1) is 37.8 Å². The Balaban J connectivity index is 1.79. The predicted molar refractivity (Wildman–Crippen MR) is 75.3 cm³/mol. The molecule has 1 unspecified atom stereocenters. The molecule has 6 heteroatoms. The van der Waals surface area contributed by atoms with Crippen molar-refractivity contribution in [2.24, 2.45) is 0 Å². The number of rotatable bonds is 4. The van der Waals surface area contributed by atoms with Crippen LogP contribution in [0.1, 0.15) is 16.2 Å². The Morgan fingerprint density at radius 1 is 1.50 bits per heavy atom. The van der Waals surface area contributed by atoms with Gasteiger partial charge in [0.2, 0.25) is 0 Å². The van der Waals surface area contributed by atoms with Crippen LogP contribution >= 0.6 is 11.3 Å². The van der Waals surface area contributed by atoms with E-state index in [1.54, 1.807) is 0 Å². The second-order valence-electron chi connectivity index (χ2n) is 4.19. The van der Waals surface area contributed by atoms with E-state index in [9.17, 15) is 4.79 Å². The highest BCUT2D eigenvalue weighted by atomic mass is 32.1. The van der Waals surface area contributed by atoms with E-state index in [1.165, 1.54) is 11.3 Å². The van der Waals surface area contributed by atoms with Crippen molar-refractivity contribution in [2.45, 2.75) is 19.1 Å². The molecule has 1 aromatic rings. The monoisotopic (exact) mass is 295 g/mol. The molecule has 1 atom stereocenters. The molecule has 1 aliphatic rings. The van der Waals surface area contributed by atoms with Crippen molar-refractivity contribution in [1.29, 1.82) is 0 Å². The molecule has 1 saturated heterocycles. The number of aliphatic hydroxyl groups is 1. The smallest absolute Gasteiger partial charge is 0.251 e. The lowest BCUT2D eigenvalue weighted by molar-refractivity contribution is -0.147. The lowest BCUT2D eigenvalue weighted by atomic mass is 10.3. The minimum atomic E-state index is -0.507. The molecule has 2 N–H and O–H groups in total. The standard InChI is InChI=1S/C14H17NO4S/c16-6-2-1-3-11-4-5-12(20-11)9-15-14(17)13-10-18-7-8-19-13/h4-5,13,16H,2,6-10H2,(H,15,17). The fourth-order valence-corrected chi connectivity index (χ4v) is 2.50. The fraction of sp³-hybridized carbons (Fsp3) is 0.500. The lowest BCUT2D eigenvalue weighted by Gasteiger charge is -2.21. The molecule has 5 nitrogen and oxygen atoms in total. The maximum atomic E-state index is 11.8. The predicted octanol–water partition coefficient (Wildman–Crippen LogP) is 0.514. The summed E-state index contributed by atoms with van der Waals surface area (Å²) < 4.78 is 10.5. The van der Waals surface area contributed by atoms with Crippen LogP contribution in [-0.2, 0) is 20.8 Å². The van der Waals surface area contributed by atoms with E-state index in [4.69, 9.17) is 14.6 Å². The van der Waals surface area contributed by atoms with Gasteiger partial charge in [-0.2, -0.15) is 0 Å². The van der Waals surface area contributed by atoms with Crippen LogP contribution in [0.2, 0.25) is 0 Å². The maximum Gasteiger partial charge on any atom is 0.251 e. The van der Waals surface area contributed by atoms with Crippen LogP contribution < -0.4 is 5.32 Å². The molecule has 0 spiro atoms. The van der Waals surface area contributed by atoms with Crippen molar-refractivity contribution >= 4 is 17.2 Å². The highest BCUT2D eigenvalue weighted by Crippen LogP contribution is 2.15. The summed E-state index contributed by atoms with van der Waals surface area (Å²) in [6.07, 6.45) is -0.0317. The van der Waals surface area contributed by atoms with Crippen molar-refractivity contribution in [3.8, 4) is 11.8 Å². The summed E-state index contributed by atoms with van der Waals surface area (Å²) in [5.41, 5.74) is 0. The van der Waals surface area contributed by atoms with Gasteiger partial charge in [-0.25, -0.2) is 0 Å².